The van der Waals surface area contributed by atoms with Gasteiger partial charge in [-0.05, 0) is 37.5 Å². The van der Waals surface area contributed by atoms with E-state index in [-0.39, 0.29) is 11.4 Å². The van der Waals surface area contributed by atoms with Gasteiger partial charge in [-0.3, -0.25) is 0 Å². The van der Waals surface area contributed by atoms with Crippen molar-refractivity contribution < 1.29 is 12.9 Å². The van der Waals surface area contributed by atoms with Crippen molar-refractivity contribution in [3.8, 4) is 0 Å². The quantitative estimate of drug-likeness (QED) is 0.922. The van der Waals surface area contributed by atoms with Gasteiger partial charge >= 0.3 is 0 Å². The molecule has 21 heavy (non-hydrogen) atoms. The van der Waals surface area contributed by atoms with E-state index in [1.165, 1.54) is 0 Å². The monoisotopic (exact) mass is 308 g/mol. The van der Waals surface area contributed by atoms with E-state index in [1.54, 1.807) is 26.0 Å². The van der Waals surface area contributed by atoms with Crippen LogP contribution in [0.2, 0.25) is 0 Å². The second-order valence-corrected chi connectivity index (χ2v) is 7.12. The van der Waals surface area contributed by atoms with E-state index < -0.39 is 10.0 Å². The third-order valence-electron chi connectivity index (χ3n) is 3.48. The molecule has 0 unspecified atom stereocenters. The molecule has 0 bridgehead atoms. The summed E-state index contributed by atoms with van der Waals surface area (Å²) in [6.07, 6.45) is 0. The third kappa shape index (κ3) is 3.51. The Hall–Kier alpha value is -1.66. The van der Waals surface area contributed by atoms with Crippen LogP contribution in [0.25, 0.3) is 0 Å². The van der Waals surface area contributed by atoms with Gasteiger partial charge in [-0.15, -0.1) is 0 Å². The van der Waals surface area contributed by atoms with Gasteiger partial charge in [-0.2, -0.15) is 0 Å². The van der Waals surface area contributed by atoms with Gasteiger partial charge < -0.3 is 4.52 Å². The number of hydrogen-bond acceptors (Lipinski definition) is 4. The number of hydrogen-bond donors (Lipinski definition) is 1. The molecule has 0 amide bonds. The van der Waals surface area contributed by atoms with Crippen LogP contribution in [0.5, 0.6) is 0 Å². The molecular weight excluding hydrogens is 288 g/mol. The van der Waals surface area contributed by atoms with Gasteiger partial charge in [0.1, 0.15) is 5.76 Å². The van der Waals surface area contributed by atoms with Crippen molar-refractivity contribution in [1.29, 1.82) is 0 Å². The van der Waals surface area contributed by atoms with Crippen LogP contribution < -0.4 is 4.72 Å². The fourth-order valence-corrected chi connectivity index (χ4v) is 3.03. The SMILES string of the molecule is Cc1noc(C)c1CNS(=O)(=O)c1ccc(C(C)C)cc1. The maximum atomic E-state index is 12.3. The maximum absolute atomic E-state index is 12.3. The van der Waals surface area contributed by atoms with Crippen molar-refractivity contribution >= 4 is 10.0 Å². The summed E-state index contributed by atoms with van der Waals surface area (Å²) in [5, 5.41) is 3.81. The molecule has 0 fully saturated rings. The fraction of sp³-hybridized carbons (Fsp3) is 0.400. The first-order chi connectivity index (χ1) is 9.81. The van der Waals surface area contributed by atoms with E-state index in [0.29, 0.717) is 17.4 Å². The molecule has 114 valence electrons. The minimum atomic E-state index is -3.53. The van der Waals surface area contributed by atoms with Crippen LogP contribution in [-0.2, 0) is 16.6 Å². The molecule has 2 rings (SSSR count). The maximum Gasteiger partial charge on any atom is 0.240 e. The number of rotatable bonds is 5. The van der Waals surface area contributed by atoms with E-state index in [9.17, 15) is 8.42 Å². The van der Waals surface area contributed by atoms with E-state index in [4.69, 9.17) is 4.52 Å². The molecule has 6 heteroatoms. The molecule has 2 aromatic rings. The van der Waals surface area contributed by atoms with E-state index in [1.807, 2.05) is 12.1 Å². The fourth-order valence-electron chi connectivity index (χ4n) is 2.04. The van der Waals surface area contributed by atoms with Gasteiger partial charge in [0.15, 0.2) is 0 Å². The summed E-state index contributed by atoms with van der Waals surface area (Å²) < 4.78 is 32.1. The number of aromatic nitrogens is 1. The summed E-state index contributed by atoms with van der Waals surface area (Å²) in [6.45, 7) is 7.87. The lowest BCUT2D eigenvalue weighted by molar-refractivity contribution is 0.392. The zero-order valence-electron chi connectivity index (χ0n) is 12.7. The largest absolute Gasteiger partial charge is 0.361 e. The zero-order chi connectivity index (χ0) is 15.6. The molecule has 0 radical (unpaired) electrons. The van der Waals surface area contributed by atoms with Crippen LogP contribution in [0, 0.1) is 13.8 Å². The van der Waals surface area contributed by atoms with Gasteiger partial charge in [-0.1, -0.05) is 31.1 Å². The number of nitrogens with zero attached hydrogens (tertiary/aromatic N) is 1. The molecular formula is C15H20N2O3S. The van der Waals surface area contributed by atoms with E-state index in [2.05, 4.69) is 23.7 Å². The highest BCUT2D eigenvalue weighted by molar-refractivity contribution is 7.89. The predicted molar refractivity (Wildman–Crippen MR) is 80.5 cm³/mol. The minimum Gasteiger partial charge on any atom is -0.361 e. The molecule has 0 spiro atoms. The number of sulfonamides is 1. The molecule has 0 aliphatic carbocycles. The first-order valence-corrected chi connectivity index (χ1v) is 8.31. The second-order valence-electron chi connectivity index (χ2n) is 5.35. The lowest BCUT2D eigenvalue weighted by Crippen LogP contribution is -2.23. The highest BCUT2D eigenvalue weighted by Crippen LogP contribution is 2.18. The van der Waals surface area contributed by atoms with Gasteiger partial charge in [0, 0.05) is 12.1 Å². The van der Waals surface area contributed by atoms with Crippen molar-refractivity contribution in [3.05, 3.63) is 46.8 Å². The summed E-state index contributed by atoms with van der Waals surface area (Å²) in [5.41, 5.74) is 2.59. The predicted octanol–water partition coefficient (Wildman–Crippen LogP) is 2.89. The highest BCUT2D eigenvalue weighted by Gasteiger charge is 2.17. The second kappa shape index (κ2) is 5.99. The Morgan fingerprint density at radius 1 is 1.19 bits per heavy atom. The van der Waals surface area contributed by atoms with Gasteiger partial charge in [0.2, 0.25) is 10.0 Å². The summed E-state index contributed by atoms with van der Waals surface area (Å²) in [7, 11) is -3.53. The Kier molecular flexibility index (Phi) is 4.49. The standard InChI is InChI=1S/C15H20N2O3S/c1-10(2)13-5-7-14(8-6-13)21(18,19)16-9-15-11(3)17-20-12(15)4/h5-8,10,16H,9H2,1-4H3. The Bertz CT molecular complexity index is 696. The molecule has 0 aliphatic rings. The van der Waals surface area contributed by atoms with Crippen molar-refractivity contribution in [1.82, 2.24) is 9.88 Å². The van der Waals surface area contributed by atoms with Crippen molar-refractivity contribution in [3.63, 3.8) is 0 Å². The molecule has 1 N–H and O–H groups in total. The van der Waals surface area contributed by atoms with Crippen LogP contribution in [0.1, 0.15) is 42.3 Å². The van der Waals surface area contributed by atoms with Crippen molar-refractivity contribution in [2.45, 2.75) is 45.1 Å². The molecule has 1 aromatic heterocycles. The van der Waals surface area contributed by atoms with Gasteiger partial charge in [-0.25, -0.2) is 13.1 Å². The summed E-state index contributed by atoms with van der Waals surface area (Å²) in [4.78, 5) is 0.263. The van der Waals surface area contributed by atoms with Crippen LogP contribution in [0.15, 0.2) is 33.7 Å². The van der Waals surface area contributed by atoms with Crippen LogP contribution in [-0.4, -0.2) is 13.6 Å². The van der Waals surface area contributed by atoms with Crippen LogP contribution >= 0.6 is 0 Å². The molecule has 1 aromatic carbocycles. The molecule has 5 nitrogen and oxygen atoms in total. The van der Waals surface area contributed by atoms with Gasteiger partial charge in [0.05, 0.1) is 10.6 Å². The first-order valence-electron chi connectivity index (χ1n) is 6.82. The average molecular weight is 308 g/mol. The summed E-state index contributed by atoms with van der Waals surface area (Å²) in [6, 6.07) is 6.94. The number of aryl methyl sites for hydroxylation is 2. The first kappa shape index (κ1) is 15.7. The Balaban J connectivity index is 2.15. The number of nitrogens with one attached hydrogen (secondary N) is 1. The highest BCUT2D eigenvalue weighted by atomic mass is 32.2. The molecule has 0 atom stereocenters. The van der Waals surface area contributed by atoms with E-state index >= 15 is 0 Å². The molecule has 0 saturated heterocycles. The zero-order valence-corrected chi connectivity index (χ0v) is 13.5. The molecule has 1 heterocycles. The Morgan fingerprint density at radius 2 is 1.81 bits per heavy atom. The lowest BCUT2D eigenvalue weighted by atomic mass is 10.0. The minimum absolute atomic E-state index is 0.176. The normalized spacial score (nSPS) is 12.0. The van der Waals surface area contributed by atoms with Crippen LogP contribution in [0.4, 0.5) is 0 Å². The Morgan fingerprint density at radius 3 is 2.29 bits per heavy atom. The molecule has 0 aliphatic heterocycles. The smallest absolute Gasteiger partial charge is 0.240 e. The topological polar surface area (TPSA) is 72.2 Å². The average Bonchev–Trinajstić information content (AvgIpc) is 2.76. The summed E-state index contributed by atoms with van der Waals surface area (Å²) in [5.74, 6) is 1.00. The lowest BCUT2D eigenvalue weighted by Gasteiger charge is -2.09. The third-order valence-corrected chi connectivity index (χ3v) is 4.89. The van der Waals surface area contributed by atoms with Gasteiger partial charge in [0.25, 0.3) is 0 Å². The summed E-state index contributed by atoms with van der Waals surface area (Å²) >= 11 is 0. The molecule has 0 saturated carbocycles. The Labute approximate surface area is 125 Å². The van der Waals surface area contributed by atoms with Crippen molar-refractivity contribution in [2.24, 2.45) is 0 Å². The van der Waals surface area contributed by atoms with E-state index in [0.717, 1.165) is 11.1 Å². The van der Waals surface area contributed by atoms with Crippen molar-refractivity contribution in [2.75, 3.05) is 0 Å². The number of benzene rings is 1. The van der Waals surface area contributed by atoms with Crippen LogP contribution in [0.3, 0.4) is 0 Å².